The highest BCUT2D eigenvalue weighted by Gasteiger charge is 2.17. The number of aliphatic imine (C=N–C) groups is 1. The highest BCUT2D eigenvalue weighted by Crippen LogP contribution is 2.22. The van der Waals surface area contributed by atoms with Gasteiger partial charge in [-0.3, -0.25) is 4.99 Å². The van der Waals surface area contributed by atoms with Crippen LogP contribution in [0.15, 0.2) is 10.5 Å². The molecule has 0 unspecified atom stereocenters. The first-order valence-electron chi connectivity index (χ1n) is 7.82. The number of guanidine groups is 1. The van der Waals surface area contributed by atoms with Crippen LogP contribution in [-0.2, 0) is 6.54 Å². The van der Waals surface area contributed by atoms with E-state index in [4.69, 9.17) is 0 Å². The third kappa shape index (κ3) is 6.93. The van der Waals surface area contributed by atoms with Crippen LogP contribution < -0.4 is 10.6 Å². The maximum Gasteiger partial charge on any atom is 0.191 e. The van der Waals surface area contributed by atoms with Crippen LogP contribution in [0.25, 0.3) is 0 Å². The maximum absolute atomic E-state index is 4.30. The van der Waals surface area contributed by atoms with Crippen LogP contribution in [0.2, 0.25) is 0 Å². The van der Waals surface area contributed by atoms with Crippen LogP contribution in [-0.4, -0.2) is 24.5 Å². The fourth-order valence-corrected chi connectivity index (χ4v) is 2.86. The number of hydrogen-bond acceptors (Lipinski definition) is 3. The number of aryl methyl sites for hydroxylation is 1. The van der Waals surface area contributed by atoms with Crippen molar-refractivity contribution in [2.24, 2.45) is 10.4 Å². The number of hydrogen-bond donors (Lipinski definition) is 2. The molecule has 120 valence electrons. The molecule has 0 amide bonds. The summed E-state index contributed by atoms with van der Waals surface area (Å²) in [7, 11) is 1.82. The summed E-state index contributed by atoms with van der Waals surface area (Å²) in [6, 6.07) is 0. The summed E-state index contributed by atoms with van der Waals surface area (Å²) in [4.78, 5) is 9.83. The Kier molecular flexibility index (Phi) is 7.72. The Morgan fingerprint density at radius 3 is 2.67 bits per heavy atom. The standard InChI is InChI=1S/C16H30N4S/c1-6-7-8-9-16(3,4)11-19-15(17-5)18-10-14-13(2)20-12-21-14/h12H,6-11H2,1-5H3,(H2,17,18,19). The number of rotatable bonds is 8. The average Bonchev–Trinajstić information content (AvgIpc) is 2.85. The van der Waals surface area contributed by atoms with Gasteiger partial charge >= 0.3 is 0 Å². The molecular weight excluding hydrogens is 280 g/mol. The molecule has 1 aromatic heterocycles. The molecule has 4 nitrogen and oxygen atoms in total. The second kappa shape index (κ2) is 9.03. The molecule has 0 spiro atoms. The zero-order valence-electron chi connectivity index (χ0n) is 14.1. The zero-order chi connectivity index (χ0) is 15.7. The van der Waals surface area contributed by atoms with E-state index in [9.17, 15) is 0 Å². The van der Waals surface area contributed by atoms with Crippen LogP contribution in [0.1, 0.15) is 57.0 Å². The molecule has 1 rings (SSSR count). The van der Waals surface area contributed by atoms with Crippen molar-refractivity contribution in [2.75, 3.05) is 13.6 Å². The molecule has 0 radical (unpaired) electrons. The number of unbranched alkanes of at least 4 members (excludes halogenated alkanes) is 2. The van der Waals surface area contributed by atoms with Crippen molar-refractivity contribution in [3.63, 3.8) is 0 Å². The van der Waals surface area contributed by atoms with Crippen LogP contribution in [0, 0.1) is 12.3 Å². The molecule has 0 bridgehead atoms. The SMILES string of the molecule is CCCCCC(C)(C)CNC(=NC)NCc1scnc1C. The van der Waals surface area contributed by atoms with Gasteiger partial charge in [0.25, 0.3) is 0 Å². The van der Waals surface area contributed by atoms with Crippen molar-refractivity contribution in [2.45, 2.75) is 59.9 Å². The Labute approximate surface area is 133 Å². The van der Waals surface area contributed by atoms with Gasteiger partial charge in [-0.05, 0) is 18.8 Å². The first-order chi connectivity index (χ1) is 9.98. The first-order valence-corrected chi connectivity index (χ1v) is 8.70. The lowest BCUT2D eigenvalue weighted by atomic mass is 9.87. The highest BCUT2D eigenvalue weighted by atomic mass is 32.1. The van der Waals surface area contributed by atoms with Crippen molar-refractivity contribution >= 4 is 17.3 Å². The van der Waals surface area contributed by atoms with Crippen molar-refractivity contribution < 1.29 is 0 Å². The minimum Gasteiger partial charge on any atom is -0.356 e. The third-order valence-electron chi connectivity index (χ3n) is 3.68. The summed E-state index contributed by atoms with van der Waals surface area (Å²) in [5, 5.41) is 6.80. The van der Waals surface area contributed by atoms with Gasteiger partial charge in [0.1, 0.15) is 0 Å². The van der Waals surface area contributed by atoms with Gasteiger partial charge in [-0.1, -0.05) is 40.0 Å². The molecule has 1 heterocycles. The summed E-state index contributed by atoms with van der Waals surface area (Å²) < 4.78 is 0. The molecule has 0 fully saturated rings. The molecule has 0 aliphatic carbocycles. The largest absolute Gasteiger partial charge is 0.356 e. The molecule has 2 N–H and O–H groups in total. The molecule has 0 saturated carbocycles. The lowest BCUT2D eigenvalue weighted by Gasteiger charge is -2.26. The van der Waals surface area contributed by atoms with Gasteiger partial charge in [0.05, 0.1) is 17.7 Å². The third-order valence-corrected chi connectivity index (χ3v) is 4.61. The molecule has 1 aromatic rings. The van der Waals surface area contributed by atoms with Gasteiger partial charge in [0.2, 0.25) is 0 Å². The lowest BCUT2D eigenvalue weighted by molar-refractivity contribution is 0.318. The van der Waals surface area contributed by atoms with Gasteiger partial charge in [-0.2, -0.15) is 0 Å². The topological polar surface area (TPSA) is 49.3 Å². The fraction of sp³-hybridized carbons (Fsp3) is 0.750. The molecule has 0 aromatic carbocycles. The summed E-state index contributed by atoms with van der Waals surface area (Å²) in [5.41, 5.74) is 3.29. The second-order valence-electron chi connectivity index (χ2n) is 6.26. The summed E-state index contributed by atoms with van der Waals surface area (Å²) in [6.07, 6.45) is 5.15. The number of aromatic nitrogens is 1. The highest BCUT2D eigenvalue weighted by molar-refractivity contribution is 7.09. The zero-order valence-corrected chi connectivity index (χ0v) is 14.9. The van der Waals surface area contributed by atoms with E-state index in [-0.39, 0.29) is 0 Å². The van der Waals surface area contributed by atoms with E-state index < -0.39 is 0 Å². The van der Waals surface area contributed by atoms with E-state index in [0.717, 1.165) is 24.7 Å². The Morgan fingerprint density at radius 2 is 2.10 bits per heavy atom. The first kappa shape index (κ1) is 18.0. The smallest absolute Gasteiger partial charge is 0.191 e. The summed E-state index contributed by atoms with van der Waals surface area (Å²) in [6.45, 7) is 10.6. The van der Waals surface area contributed by atoms with Crippen LogP contribution in [0.4, 0.5) is 0 Å². The van der Waals surface area contributed by atoms with Gasteiger partial charge < -0.3 is 10.6 Å². The monoisotopic (exact) mass is 310 g/mol. The summed E-state index contributed by atoms with van der Waals surface area (Å²) in [5.74, 6) is 0.867. The van der Waals surface area contributed by atoms with E-state index in [1.54, 1.807) is 11.3 Å². The number of thiazole rings is 1. The molecule has 0 atom stereocenters. The average molecular weight is 311 g/mol. The van der Waals surface area contributed by atoms with E-state index in [1.165, 1.54) is 30.6 Å². The Balaban J connectivity index is 2.35. The maximum atomic E-state index is 4.30. The molecule has 0 aliphatic heterocycles. The Morgan fingerprint density at radius 1 is 1.33 bits per heavy atom. The van der Waals surface area contributed by atoms with Crippen LogP contribution in [0.3, 0.4) is 0 Å². The van der Waals surface area contributed by atoms with Crippen LogP contribution in [0.5, 0.6) is 0 Å². The van der Waals surface area contributed by atoms with Gasteiger partial charge in [0.15, 0.2) is 5.96 Å². The molecule has 0 saturated heterocycles. The Bertz CT molecular complexity index is 437. The second-order valence-corrected chi connectivity index (χ2v) is 7.20. The van der Waals surface area contributed by atoms with E-state index in [1.807, 2.05) is 19.5 Å². The van der Waals surface area contributed by atoms with Crippen molar-refractivity contribution in [3.05, 3.63) is 16.1 Å². The van der Waals surface area contributed by atoms with E-state index in [2.05, 4.69) is 41.4 Å². The lowest BCUT2D eigenvalue weighted by Crippen LogP contribution is -2.41. The summed E-state index contributed by atoms with van der Waals surface area (Å²) >= 11 is 1.68. The number of nitrogens with one attached hydrogen (secondary N) is 2. The van der Waals surface area contributed by atoms with Crippen molar-refractivity contribution in [3.8, 4) is 0 Å². The molecule has 5 heteroatoms. The minimum atomic E-state index is 0.299. The van der Waals surface area contributed by atoms with Crippen molar-refractivity contribution in [1.29, 1.82) is 0 Å². The van der Waals surface area contributed by atoms with Gasteiger partial charge in [-0.15, -0.1) is 11.3 Å². The fourth-order valence-electron chi connectivity index (χ4n) is 2.15. The minimum absolute atomic E-state index is 0.299. The molecule has 0 aliphatic rings. The quantitative estimate of drug-likeness (QED) is 0.437. The van der Waals surface area contributed by atoms with E-state index in [0.29, 0.717) is 5.41 Å². The van der Waals surface area contributed by atoms with E-state index >= 15 is 0 Å². The van der Waals surface area contributed by atoms with Crippen LogP contribution >= 0.6 is 11.3 Å². The molecular formula is C16H30N4S. The number of nitrogens with zero attached hydrogens (tertiary/aromatic N) is 2. The predicted molar refractivity (Wildman–Crippen MR) is 93.0 cm³/mol. The predicted octanol–water partition coefficient (Wildman–Crippen LogP) is 3.72. The normalized spacial score (nSPS) is 12.5. The van der Waals surface area contributed by atoms with Gasteiger partial charge in [-0.25, -0.2) is 4.98 Å². The van der Waals surface area contributed by atoms with Gasteiger partial charge in [0, 0.05) is 18.5 Å². The van der Waals surface area contributed by atoms with Crippen molar-refractivity contribution in [1.82, 2.24) is 15.6 Å². The Hall–Kier alpha value is -1.10. The molecule has 21 heavy (non-hydrogen) atoms.